The first-order valence-electron chi connectivity index (χ1n) is 6.21. The largest absolute Gasteiger partial charge is 0.399 e. The molecule has 0 aliphatic rings. The maximum absolute atomic E-state index is 5.73. The van der Waals surface area contributed by atoms with Crippen molar-refractivity contribution in [3.8, 4) is 0 Å². The van der Waals surface area contributed by atoms with Crippen LogP contribution in [-0.4, -0.2) is 24.2 Å². The minimum atomic E-state index is 0.180. The zero-order valence-electron chi connectivity index (χ0n) is 10.8. The van der Waals surface area contributed by atoms with Gasteiger partial charge < -0.3 is 15.8 Å². The predicted octanol–water partition coefficient (Wildman–Crippen LogP) is 2.65. The highest BCUT2D eigenvalue weighted by Gasteiger charge is 2.02. The molecule has 0 amide bonds. The molecule has 2 rings (SSSR count). The molecule has 0 bridgehead atoms. The second kappa shape index (κ2) is 5.69. The zero-order valence-corrected chi connectivity index (χ0v) is 10.8. The highest BCUT2D eigenvalue weighted by Crippen LogP contribution is 2.17. The van der Waals surface area contributed by atoms with E-state index in [1.807, 2.05) is 44.2 Å². The number of nitrogens with one attached hydrogen (secondary N) is 1. The van der Waals surface area contributed by atoms with Gasteiger partial charge in [0.05, 0.1) is 11.6 Å². The Balaban J connectivity index is 2.08. The molecule has 1 aromatic carbocycles. The number of benzene rings is 1. The van der Waals surface area contributed by atoms with Crippen LogP contribution in [0, 0.1) is 0 Å². The van der Waals surface area contributed by atoms with E-state index in [0.717, 1.165) is 35.6 Å². The summed E-state index contributed by atoms with van der Waals surface area (Å²) in [7, 11) is 0. The van der Waals surface area contributed by atoms with Crippen LogP contribution in [0.4, 0.5) is 11.5 Å². The highest BCUT2D eigenvalue weighted by molar-refractivity contribution is 5.83. The zero-order chi connectivity index (χ0) is 13.0. The van der Waals surface area contributed by atoms with Gasteiger partial charge in [-0.25, -0.2) is 4.98 Å². The molecule has 1 heterocycles. The standard InChI is InChI=1S/C14H19N3O/c1-3-18-10(2)9-16-14-7-4-11-8-12(15)5-6-13(11)17-14/h4-8,10H,3,9,15H2,1-2H3,(H,16,17). The van der Waals surface area contributed by atoms with Gasteiger partial charge in [-0.1, -0.05) is 0 Å². The van der Waals surface area contributed by atoms with Crippen LogP contribution in [0.3, 0.4) is 0 Å². The summed E-state index contributed by atoms with van der Waals surface area (Å²) in [6, 6.07) is 9.70. The highest BCUT2D eigenvalue weighted by atomic mass is 16.5. The van der Waals surface area contributed by atoms with E-state index in [1.165, 1.54) is 0 Å². The fourth-order valence-electron chi connectivity index (χ4n) is 1.83. The second-order valence-electron chi connectivity index (χ2n) is 4.30. The van der Waals surface area contributed by atoms with Crippen molar-refractivity contribution in [3.63, 3.8) is 0 Å². The number of pyridine rings is 1. The van der Waals surface area contributed by atoms with Gasteiger partial charge in [0.1, 0.15) is 5.82 Å². The summed E-state index contributed by atoms with van der Waals surface area (Å²) in [5.74, 6) is 0.860. The van der Waals surface area contributed by atoms with Crippen LogP contribution < -0.4 is 11.1 Å². The summed E-state index contributed by atoms with van der Waals surface area (Å²) in [4.78, 5) is 4.53. The van der Waals surface area contributed by atoms with Crippen LogP contribution in [0.5, 0.6) is 0 Å². The number of anilines is 2. The monoisotopic (exact) mass is 245 g/mol. The average molecular weight is 245 g/mol. The van der Waals surface area contributed by atoms with Gasteiger partial charge in [-0.2, -0.15) is 0 Å². The minimum Gasteiger partial charge on any atom is -0.399 e. The smallest absolute Gasteiger partial charge is 0.126 e. The molecule has 0 fully saturated rings. The molecule has 0 aliphatic heterocycles. The fourth-order valence-corrected chi connectivity index (χ4v) is 1.83. The third-order valence-electron chi connectivity index (χ3n) is 2.74. The fraction of sp³-hybridized carbons (Fsp3) is 0.357. The van der Waals surface area contributed by atoms with E-state index in [9.17, 15) is 0 Å². The number of nitrogen functional groups attached to an aromatic ring is 1. The van der Waals surface area contributed by atoms with Crippen LogP contribution in [0.2, 0.25) is 0 Å². The van der Waals surface area contributed by atoms with E-state index in [2.05, 4.69) is 10.3 Å². The third-order valence-corrected chi connectivity index (χ3v) is 2.74. The molecule has 0 radical (unpaired) electrons. The van der Waals surface area contributed by atoms with Crippen molar-refractivity contribution in [2.45, 2.75) is 20.0 Å². The Morgan fingerprint density at radius 3 is 2.94 bits per heavy atom. The summed E-state index contributed by atoms with van der Waals surface area (Å²) in [5.41, 5.74) is 7.44. The molecular weight excluding hydrogens is 226 g/mol. The first-order valence-corrected chi connectivity index (χ1v) is 6.21. The van der Waals surface area contributed by atoms with Gasteiger partial charge in [0.2, 0.25) is 0 Å². The van der Waals surface area contributed by atoms with E-state index < -0.39 is 0 Å². The van der Waals surface area contributed by atoms with Crippen LogP contribution in [-0.2, 0) is 4.74 Å². The van der Waals surface area contributed by atoms with Crippen LogP contribution in [0.25, 0.3) is 10.9 Å². The van der Waals surface area contributed by atoms with Crippen molar-refractivity contribution in [1.82, 2.24) is 4.98 Å². The van der Waals surface area contributed by atoms with Crippen molar-refractivity contribution in [3.05, 3.63) is 30.3 Å². The Morgan fingerprint density at radius 1 is 1.33 bits per heavy atom. The number of nitrogens with two attached hydrogens (primary N) is 1. The van der Waals surface area contributed by atoms with Gasteiger partial charge in [-0.05, 0) is 44.2 Å². The lowest BCUT2D eigenvalue weighted by molar-refractivity contribution is 0.0855. The first-order chi connectivity index (χ1) is 8.69. The molecule has 0 saturated heterocycles. The molecule has 1 unspecified atom stereocenters. The maximum atomic E-state index is 5.73. The maximum Gasteiger partial charge on any atom is 0.126 e. The Bertz CT molecular complexity index is 527. The molecule has 18 heavy (non-hydrogen) atoms. The number of rotatable bonds is 5. The van der Waals surface area contributed by atoms with E-state index in [1.54, 1.807) is 0 Å². The second-order valence-corrected chi connectivity index (χ2v) is 4.30. The molecule has 0 spiro atoms. The summed E-state index contributed by atoms with van der Waals surface area (Å²) >= 11 is 0. The molecule has 96 valence electrons. The van der Waals surface area contributed by atoms with E-state index >= 15 is 0 Å². The molecule has 3 N–H and O–H groups in total. The van der Waals surface area contributed by atoms with Gasteiger partial charge in [0.15, 0.2) is 0 Å². The van der Waals surface area contributed by atoms with Crippen molar-refractivity contribution in [2.75, 3.05) is 24.2 Å². The Labute approximate surface area is 107 Å². The molecule has 1 atom stereocenters. The molecule has 4 heteroatoms. The number of hydrogen-bond donors (Lipinski definition) is 2. The summed E-state index contributed by atoms with van der Waals surface area (Å²) in [6.07, 6.45) is 0.180. The number of aromatic nitrogens is 1. The van der Waals surface area contributed by atoms with E-state index in [0.29, 0.717) is 0 Å². The van der Waals surface area contributed by atoms with Crippen molar-refractivity contribution in [2.24, 2.45) is 0 Å². The summed E-state index contributed by atoms with van der Waals surface area (Å²) < 4.78 is 5.46. The van der Waals surface area contributed by atoms with Gasteiger partial charge >= 0.3 is 0 Å². The normalized spacial score (nSPS) is 12.6. The van der Waals surface area contributed by atoms with Crippen molar-refractivity contribution < 1.29 is 4.74 Å². The quantitative estimate of drug-likeness (QED) is 0.795. The lowest BCUT2D eigenvalue weighted by Crippen LogP contribution is -2.20. The molecule has 0 aliphatic carbocycles. The Morgan fingerprint density at radius 2 is 2.17 bits per heavy atom. The van der Waals surface area contributed by atoms with E-state index in [-0.39, 0.29) is 6.10 Å². The van der Waals surface area contributed by atoms with Crippen molar-refractivity contribution >= 4 is 22.4 Å². The lowest BCUT2D eigenvalue weighted by atomic mass is 10.2. The summed E-state index contributed by atoms with van der Waals surface area (Å²) in [5, 5.41) is 4.32. The minimum absolute atomic E-state index is 0.180. The average Bonchev–Trinajstić information content (AvgIpc) is 2.36. The number of nitrogens with zero attached hydrogens (tertiary/aromatic N) is 1. The lowest BCUT2D eigenvalue weighted by Gasteiger charge is -2.13. The number of fused-ring (bicyclic) bond motifs is 1. The van der Waals surface area contributed by atoms with Gasteiger partial charge in [0, 0.05) is 24.2 Å². The van der Waals surface area contributed by atoms with Crippen LogP contribution >= 0.6 is 0 Å². The van der Waals surface area contributed by atoms with E-state index in [4.69, 9.17) is 10.5 Å². The topological polar surface area (TPSA) is 60.2 Å². The number of ether oxygens (including phenoxy) is 1. The van der Waals surface area contributed by atoms with Gasteiger partial charge in [-0.15, -0.1) is 0 Å². The van der Waals surface area contributed by atoms with Gasteiger partial charge in [0.25, 0.3) is 0 Å². The first kappa shape index (κ1) is 12.6. The Hall–Kier alpha value is -1.81. The number of hydrogen-bond acceptors (Lipinski definition) is 4. The molecule has 4 nitrogen and oxygen atoms in total. The van der Waals surface area contributed by atoms with Crippen LogP contribution in [0.15, 0.2) is 30.3 Å². The third kappa shape index (κ3) is 3.11. The molecular formula is C14H19N3O. The Kier molecular flexibility index (Phi) is 3.99. The van der Waals surface area contributed by atoms with Crippen molar-refractivity contribution in [1.29, 1.82) is 0 Å². The molecule has 0 saturated carbocycles. The van der Waals surface area contributed by atoms with Gasteiger partial charge in [-0.3, -0.25) is 0 Å². The molecule has 2 aromatic rings. The SMILES string of the molecule is CCOC(C)CNc1ccc2cc(N)ccc2n1. The predicted molar refractivity (Wildman–Crippen MR) is 75.7 cm³/mol. The summed E-state index contributed by atoms with van der Waals surface area (Å²) in [6.45, 7) is 5.52. The van der Waals surface area contributed by atoms with Crippen LogP contribution in [0.1, 0.15) is 13.8 Å². The molecule has 1 aromatic heterocycles.